The van der Waals surface area contributed by atoms with Crippen molar-refractivity contribution in [1.29, 1.82) is 0 Å². The molecule has 210 valence electrons. The average Bonchev–Trinajstić information content (AvgIpc) is 3.64. The Kier molecular flexibility index (Phi) is 5.19. The Hall–Kier alpha value is -5.64. The first-order valence-electron chi connectivity index (χ1n) is 15.2. The third-order valence-corrected chi connectivity index (χ3v) is 10.3. The Balaban J connectivity index is 1.18. The molecular weight excluding hydrogens is 567 g/mol. The van der Waals surface area contributed by atoms with Crippen LogP contribution >= 0.6 is 11.3 Å². The molecule has 8 aromatic carbocycles. The van der Waals surface area contributed by atoms with Crippen LogP contribution in [-0.2, 0) is 0 Å². The number of thiophene rings is 1. The molecule has 2 nitrogen and oxygen atoms in total. The number of benzene rings is 8. The number of nitrogens with zero attached hydrogens (tertiary/aromatic N) is 1. The van der Waals surface area contributed by atoms with Gasteiger partial charge in [0.15, 0.2) is 0 Å². The summed E-state index contributed by atoms with van der Waals surface area (Å²) >= 11 is 1.86. The smallest absolute Gasteiger partial charge is 0.136 e. The number of rotatable bonds is 3. The van der Waals surface area contributed by atoms with Gasteiger partial charge in [0.1, 0.15) is 11.2 Å². The number of hydrogen-bond acceptors (Lipinski definition) is 3. The molecule has 0 saturated carbocycles. The third-order valence-electron chi connectivity index (χ3n) is 9.19. The monoisotopic (exact) mass is 591 g/mol. The Bertz CT molecular complexity index is 2790. The predicted octanol–water partition coefficient (Wildman–Crippen LogP) is 12.9. The van der Waals surface area contributed by atoms with E-state index in [-0.39, 0.29) is 0 Å². The standard InChI is InChI=1S/C42H25NOS/c1-2-8-27-21-30(16-15-26(27)7-1)43(32-18-20-36-35-10-4-6-12-41(35)45-42(36)24-32)31-17-19-33-28(22-31)13-14-29-23-38-34-9-3-5-11-39(34)44-40(38)25-37(29)33/h1-25H. The van der Waals surface area contributed by atoms with Crippen molar-refractivity contribution in [2.24, 2.45) is 0 Å². The third kappa shape index (κ3) is 3.81. The molecular formula is C42H25NOS. The lowest BCUT2D eigenvalue weighted by Gasteiger charge is -2.26. The van der Waals surface area contributed by atoms with Gasteiger partial charge in [-0.1, -0.05) is 91.0 Å². The number of para-hydroxylation sites is 1. The molecule has 0 amide bonds. The average molecular weight is 592 g/mol. The highest BCUT2D eigenvalue weighted by atomic mass is 32.1. The SMILES string of the molecule is c1ccc2cc(N(c3ccc4c(ccc5cc6c(cc54)oc4ccccc46)c3)c3ccc4c(c3)sc3ccccc34)ccc2c1. The Morgan fingerprint density at radius 1 is 0.356 bits per heavy atom. The van der Waals surface area contributed by atoms with Crippen LogP contribution in [0.25, 0.3) is 74.4 Å². The quantitative estimate of drug-likeness (QED) is 0.190. The molecule has 0 fully saturated rings. The fourth-order valence-corrected chi connectivity index (χ4v) is 8.17. The molecule has 45 heavy (non-hydrogen) atoms. The fourth-order valence-electron chi connectivity index (χ4n) is 7.03. The second-order valence-corrected chi connectivity index (χ2v) is 12.9. The van der Waals surface area contributed by atoms with Crippen molar-refractivity contribution in [1.82, 2.24) is 0 Å². The van der Waals surface area contributed by atoms with Crippen LogP contribution < -0.4 is 4.90 Å². The van der Waals surface area contributed by atoms with Gasteiger partial charge in [-0.3, -0.25) is 0 Å². The zero-order valence-electron chi connectivity index (χ0n) is 24.2. The van der Waals surface area contributed by atoms with E-state index in [2.05, 4.69) is 144 Å². The molecule has 0 N–H and O–H groups in total. The second kappa shape index (κ2) is 9.43. The lowest BCUT2D eigenvalue weighted by molar-refractivity contribution is 0.669. The second-order valence-electron chi connectivity index (χ2n) is 11.8. The molecule has 3 heteroatoms. The number of hydrogen-bond donors (Lipinski definition) is 0. The first-order chi connectivity index (χ1) is 22.3. The van der Waals surface area contributed by atoms with Gasteiger partial charge in [0, 0.05) is 48.0 Å². The Morgan fingerprint density at radius 3 is 1.87 bits per heavy atom. The van der Waals surface area contributed by atoms with E-state index < -0.39 is 0 Å². The summed E-state index contributed by atoms with van der Waals surface area (Å²) in [5.41, 5.74) is 5.26. The van der Waals surface area contributed by atoms with Crippen molar-refractivity contribution in [2.45, 2.75) is 0 Å². The van der Waals surface area contributed by atoms with Gasteiger partial charge in [0.05, 0.1) is 0 Å². The maximum absolute atomic E-state index is 6.27. The molecule has 2 heterocycles. The molecule has 0 aliphatic rings. The minimum atomic E-state index is 0.926. The van der Waals surface area contributed by atoms with Crippen LogP contribution in [0.4, 0.5) is 17.1 Å². The van der Waals surface area contributed by atoms with Crippen molar-refractivity contribution >= 4 is 103 Å². The summed E-state index contributed by atoms with van der Waals surface area (Å²) in [4.78, 5) is 2.39. The summed E-state index contributed by atoms with van der Waals surface area (Å²) in [5, 5.41) is 12.2. The number of anilines is 3. The van der Waals surface area contributed by atoms with Crippen LogP contribution in [0, 0.1) is 0 Å². The molecule has 10 aromatic rings. The van der Waals surface area contributed by atoms with Gasteiger partial charge in [-0.05, 0) is 93.0 Å². The zero-order chi connectivity index (χ0) is 29.5. The molecule has 0 aliphatic carbocycles. The normalized spacial score (nSPS) is 12.0. The molecule has 0 aliphatic heterocycles. The lowest BCUT2D eigenvalue weighted by Crippen LogP contribution is -2.09. The summed E-state index contributed by atoms with van der Waals surface area (Å²) in [7, 11) is 0. The summed E-state index contributed by atoms with van der Waals surface area (Å²) in [6, 6.07) is 55.0. The highest BCUT2D eigenvalue weighted by Crippen LogP contribution is 2.43. The number of furan rings is 1. The van der Waals surface area contributed by atoms with Crippen LogP contribution in [0.1, 0.15) is 0 Å². The number of fused-ring (bicyclic) bond motifs is 10. The maximum atomic E-state index is 6.27. The van der Waals surface area contributed by atoms with E-state index in [4.69, 9.17) is 4.42 Å². The molecule has 2 aromatic heterocycles. The topological polar surface area (TPSA) is 16.4 Å². The van der Waals surface area contributed by atoms with Crippen LogP contribution in [0.15, 0.2) is 156 Å². The zero-order valence-corrected chi connectivity index (χ0v) is 25.0. The largest absolute Gasteiger partial charge is 0.456 e. The Labute approximate surface area is 263 Å². The highest BCUT2D eigenvalue weighted by molar-refractivity contribution is 7.25. The molecule has 0 radical (unpaired) electrons. The van der Waals surface area contributed by atoms with Crippen molar-refractivity contribution in [3.05, 3.63) is 152 Å². The molecule has 10 rings (SSSR count). The van der Waals surface area contributed by atoms with Crippen molar-refractivity contribution in [3.8, 4) is 0 Å². The van der Waals surface area contributed by atoms with E-state index in [1.807, 2.05) is 23.5 Å². The first kappa shape index (κ1) is 24.8. The molecule has 0 spiro atoms. The van der Waals surface area contributed by atoms with Gasteiger partial charge in [0.25, 0.3) is 0 Å². The molecule has 0 atom stereocenters. The van der Waals surface area contributed by atoms with Gasteiger partial charge in [0.2, 0.25) is 0 Å². The maximum Gasteiger partial charge on any atom is 0.136 e. The van der Waals surface area contributed by atoms with Gasteiger partial charge < -0.3 is 9.32 Å². The van der Waals surface area contributed by atoms with Gasteiger partial charge >= 0.3 is 0 Å². The van der Waals surface area contributed by atoms with Crippen LogP contribution in [0.3, 0.4) is 0 Å². The minimum Gasteiger partial charge on any atom is -0.456 e. The minimum absolute atomic E-state index is 0.926. The molecule has 0 unspecified atom stereocenters. The summed E-state index contributed by atoms with van der Waals surface area (Å²) < 4.78 is 8.88. The summed E-state index contributed by atoms with van der Waals surface area (Å²) in [6.07, 6.45) is 0. The predicted molar refractivity (Wildman–Crippen MR) is 194 cm³/mol. The summed E-state index contributed by atoms with van der Waals surface area (Å²) in [6.45, 7) is 0. The van der Waals surface area contributed by atoms with Crippen molar-refractivity contribution < 1.29 is 4.42 Å². The van der Waals surface area contributed by atoms with Crippen molar-refractivity contribution in [3.63, 3.8) is 0 Å². The van der Waals surface area contributed by atoms with E-state index >= 15 is 0 Å². The van der Waals surface area contributed by atoms with Crippen molar-refractivity contribution in [2.75, 3.05) is 4.90 Å². The van der Waals surface area contributed by atoms with Crippen LogP contribution in [-0.4, -0.2) is 0 Å². The van der Waals surface area contributed by atoms with Gasteiger partial charge in [-0.2, -0.15) is 0 Å². The van der Waals surface area contributed by atoms with E-state index in [0.29, 0.717) is 0 Å². The summed E-state index contributed by atoms with van der Waals surface area (Å²) in [5.74, 6) is 0. The first-order valence-corrected chi connectivity index (χ1v) is 16.1. The fraction of sp³-hybridized carbons (Fsp3) is 0. The Morgan fingerprint density at radius 2 is 0.978 bits per heavy atom. The van der Waals surface area contributed by atoms with E-state index in [9.17, 15) is 0 Å². The highest BCUT2D eigenvalue weighted by Gasteiger charge is 2.17. The molecule has 0 bridgehead atoms. The van der Waals surface area contributed by atoms with E-state index in [1.165, 1.54) is 52.5 Å². The van der Waals surface area contributed by atoms with Crippen LogP contribution in [0.2, 0.25) is 0 Å². The van der Waals surface area contributed by atoms with Gasteiger partial charge in [-0.25, -0.2) is 0 Å². The molecule has 0 saturated heterocycles. The van der Waals surface area contributed by atoms with Crippen LogP contribution in [0.5, 0.6) is 0 Å². The van der Waals surface area contributed by atoms with Gasteiger partial charge in [-0.15, -0.1) is 11.3 Å². The van der Waals surface area contributed by atoms with E-state index in [1.54, 1.807) is 0 Å². The van der Waals surface area contributed by atoms with E-state index in [0.717, 1.165) is 39.0 Å². The lowest BCUT2D eigenvalue weighted by atomic mass is 9.99.